The Hall–Kier alpha value is -0.710. The summed E-state index contributed by atoms with van der Waals surface area (Å²) in [6.45, 7) is 7.25. The van der Waals surface area contributed by atoms with Crippen LogP contribution in [0.15, 0.2) is 23.1 Å². The van der Waals surface area contributed by atoms with Crippen molar-refractivity contribution in [2.45, 2.75) is 31.8 Å². The fourth-order valence-electron chi connectivity index (χ4n) is 1.69. The summed E-state index contributed by atoms with van der Waals surface area (Å²) in [5.41, 5.74) is 2.19. The molecule has 2 unspecified atom stereocenters. The molecule has 2 atom stereocenters. The topological polar surface area (TPSA) is 49.3 Å². The molecule has 4 heteroatoms. The van der Waals surface area contributed by atoms with Gasteiger partial charge < -0.3 is 10.4 Å². The number of rotatable bonds is 6. The van der Waals surface area contributed by atoms with Crippen LogP contribution in [-0.4, -0.2) is 34.3 Å². The predicted octanol–water partition coefficient (Wildman–Crippen LogP) is 1.38. The molecule has 0 aliphatic carbocycles. The minimum atomic E-state index is -1.13. The van der Waals surface area contributed by atoms with Crippen molar-refractivity contribution in [1.82, 2.24) is 5.32 Å². The van der Waals surface area contributed by atoms with Crippen LogP contribution in [0, 0.1) is 13.8 Å². The molecule has 2 N–H and O–H groups in total. The van der Waals surface area contributed by atoms with Crippen LogP contribution < -0.4 is 5.32 Å². The van der Waals surface area contributed by atoms with Crippen LogP contribution in [0.2, 0.25) is 0 Å². The highest BCUT2D eigenvalue weighted by Gasteiger charge is 2.12. The first-order valence-electron chi connectivity index (χ1n) is 5.89. The fourth-order valence-corrected chi connectivity index (χ4v) is 2.97. The highest BCUT2D eigenvalue weighted by atomic mass is 32.2. The maximum Gasteiger partial charge on any atom is 0.0783 e. The van der Waals surface area contributed by atoms with Crippen LogP contribution in [0.25, 0.3) is 0 Å². The molecule has 3 nitrogen and oxygen atoms in total. The normalized spacial score (nSPS) is 14.6. The molecule has 0 spiro atoms. The number of aliphatic hydroxyl groups is 1. The van der Waals surface area contributed by atoms with Crippen molar-refractivity contribution in [3.63, 3.8) is 0 Å². The standard InChI is InChI=1S/C13H21NO2S/c1-4-14-8-12(15)9-17(16)13-6-5-10(2)7-11(13)3/h5-7,12,14-15H,4,8-9H2,1-3H3. The Morgan fingerprint density at radius 1 is 1.41 bits per heavy atom. The zero-order chi connectivity index (χ0) is 12.8. The van der Waals surface area contributed by atoms with Crippen molar-refractivity contribution in [2.24, 2.45) is 0 Å². The third-order valence-electron chi connectivity index (χ3n) is 2.55. The van der Waals surface area contributed by atoms with Crippen LogP contribution in [0.1, 0.15) is 18.1 Å². The smallest absolute Gasteiger partial charge is 0.0783 e. The Morgan fingerprint density at radius 2 is 2.12 bits per heavy atom. The van der Waals surface area contributed by atoms with Crippen molar-refractivity contribution in [3.8, 4) is 0 Å². The Kier molecular flexibility index (Phi) is 5.82. The minimum Gasteiger partial charge on any atom is -0.391 e. The van der Waals surface area contributed by atoms with E-state index in [1.54, 1.807) is 0 Å². The summed E-state index contributed by atoms with van der Waals surface area (Å²) in [5.74, 6) is 0.289. The molecule has 0 heterocycles. The summed E-state index contributed by atoms with van der Waals surface area (Å²) in [5, 5.41) is 12.7. The van der Waals surface area contributed by atoms with Gasteiger partial charge in [0.2, 0.25) is 0 Å². The van der Waals surface area contributed by atoms with E-state index in [0.717, 1.165) is 22.6 Å². The molecule has 0 fully saturated rings. The van der Waals surface area contributed by atoms with E-state index in [9.17, 15) is 9.32 Å². The van der Waals surface area contributed by atoms with Gasteiger partial charge in [-0.2, -0.15) is 0 Å². The third kappa shape index (κ3) is 4.58. The lowest BCUT2D eigenvalue weighted by atomic mass is 10.2. The molecular formula is C13H21NO2S. The lowest BCUT2D eigenvalue weighted by Crippen LogP contribution is -2.30. The Bertz CT molecular complexity index is 393. The minimum absolute atomic E-state index is 0.289. The Morgan fingerprint density at radius 3 is 2.71 bits per heavy atom. The predicted molar refractivity (Wildman–Crippen MR) is 71.7 cm³/mol. The second kappa shape index (κ2) is 6.89. The van der Waals surface area contributed by atoms with Gasteiger partial charge in [-0.15, -0.1) is 0 Å². The fraction of sp³-hybridized carbons (Fsp3) is 0.538. The van der Waals surface area contributed by atoms with Gasteiger partial charge in [-0.1, -0.05) is 24.6 Å². The van der Waals surface area contributed by atoms with E-state index in [2.05, 4.69) is 5.32 Å². The van der Waals surface area contributed by atoms with Gasteiger partial charge in [0, 0.05) is 11.4 Å². The molecule has 17 heavy (non-hydrogen) atoms. The third-order valence-corrected chi connectivity index (χ3v) is 4.19. The SMILES string of the molecule is CCNCC(O)CS(=O)c1ccc(C)cc1C. The molecule has 0 bridgehead atoms. The van der Waals surface area contributed by atoms with E-state index >= 15 is 0 Å². The Balaban J connectivity index is 2.63. The van der Waals surface area contributed by atoms with Gasteiger partial charge >= 0.3 is 0 Å². The molecule has 1 aromatic carbocycles. The van der Waals surface area contributed by atoms with E-state index < -0.39 is 16.9 Å². The van der Waals surface area contributed by atoms with Crippen LogP contribution in [-0.2, 0) is 10.8 Å². The first-order chi connectivity index (χ1) is 8.04. The van der Waals surface area contributed by atoms with Gasteiger partial charge in [-0.25, -0.2) is 0 Å². The number of hydrogen-bond donors (Lipinski definition) is 2. The first-order valence-corrected chi connectivity index (χ1v) is 7.21. The highest BCUT2D eigenvalue weighted by Crippen LogP contribution is 2.15. The van der Waals surface area contributed by atoms with E-state index in [1.165, 1.54) is 0 Å². The monoisotopic (exact) mass is 255 g/mol. The van der Waals surface area contributed by atoms with Crippen molar-refractivity contribution in [3.05, 3.63) is 29.3 Å². The number of hydrogen-bond acceptors (Lipinski definition) is 3. The first kappa shape index (κ1) is 14.4. The molecule has 0 radical (unpaired) electrons. The summed E-state index contributed by atoms with van der Waals surface area (Å²) in [7, 11) is -1.13. The molecule has 1 rings (SSSR count). The lowest BCUT2D eigenvalue weighted by molar-refractivity contribution is 0.195. The molecule has 0 aliphatic rings. The molecule has 0 aromatic heterocycles. The van der Waals surface area contributed by atoms with Crippen LogP contribution >= 0.6 is 0 Å². The van der Waals surface area contributed by atoms with Crippen molar-refractivity contribution in [2.75, 3.05) is 18.8 Å². The quantitative estimate of drug-likeness (QED) is 0.807. The second-order valence-electron chi connectivity index (χ2n) is 4.24. The maximum atomic E-state index is 12.1. The number of aliphatic hydroxyl groups excluding tert-OH is 1. The summed E-state index contributed by atoms with van der Waals surface area (Å²) in [6.07, 6.45) is -0.559. The molecule has 1 aromatic rings. The molecular weight excluding hydrogens is 234 g/mol. The van der Waals surface area contributed by atoms with Crippen molar-refractivity contribution in [1.29, 1.82) is 0 Å². The number of likely N-dealkylation sites (N-methyl/N-ethyl adjacent to an activating group) is 1. The summed E-state index contributed by atoms with van der Waals surface area (Å²) < 4.78 is 12.1. The Labute approximate surface area is 106 Å². The van der Waals surface area contributed by atoms with E-state index in [1.807, 2.05) is 39.0 Å². The van der Waals surface area contributed by atoms with Gasteiger partial charge in [0.25, 0.3) is 0 Å². The zero-order valence-corrected chi connectivity index (χ0v) is 11.5. The van der Waals surface area contributed by atoms with Gasteiger partial charge in [-0.05, 0) is 32.0 Å². The van der Waals surface area contributed by atoms with E-state index in [4.69, 9.17) is 0 Å². The summed E-state index contributed by atoms with van der Waals surface area (Å²) in [6, 6.07) is 5.86. The van der Waals surface area contributed by atoms with Crippen molar-refractivity contribution < 1.29 is 9.32 Å². The molecule has 0 aliphatic heterocycles. The molecule has 0 saturated carbocycles. The molecule has 96 valence electrons. The summed E-state index contributed by atoms with van der Waals surface area (Å²) >= 11 is 0. The van der Waals surface area contributed by atoms with Gasteiger partial charge in [0.1, 0.15) is 0 Å². The number of benzene rings is 1. The number of nitrogens with one attached hydrogen (secondary N) is 1. The highest BCUT2D eigenvalue weighted by molar-refractivity contribution is 7.85. The van der Waals surface area contributed by atoms with Crippen molar-refractivity contribution >= 4 is 10.8 Å². The lowest BCUT2D eigenvalue weighted by Gasteiger charge is -2.12. The van der Waals surface area contributed by atoms with Crippen LogP contribution in [0.4, 0.5) is 0 Å². The maximum absolute atomic E-state index is 12.1. The van der Waals surface area contributed by atoms with Gasteiger partial charge in [0.05, 0.1) is 22.7 Å². The van der Waals surface area contributed by atoms with E-state index in [0.29, 0.717) is 6.54 Å². The second-order valence-corrected chi connectivity index (χ2v) is 5.71. The van der Waals surface area contributed by atoms with Gasteiger partial charge in [0.15, 0.2) is 0 Å². The molecule has 0 amide bonds. The average Bonchev–Trinajstić information content (AvgIpc) is 2.26. The van der Waals surface area contributed by atoms with Crippen LogP contribution in [0.3, 0.4) is 0 Å². The van der Waals surface area contributed by atoms with Crippen LogP contribution in [0.5, 0.6) is 0 Å². The van der Waals surface area contributed by atoms with Gasteiger partial charge in [-0.3, -0.25) is 4.21 Å². The molecule has 0 saturated heterocycles. The summed E-state index contributed by atoms with van der Waals surface area (Å²) in [4.78, 5) is 0.825. The van der Waals surface area contributed by atoms with E-state index in [-0.39, 0.29) is 5.75 Å². The largest absolute Gasteiger partial charge is 0.391 e. The average molecular weight is 255 g/mol. The number of aryl methyl sites for hydroxylation is 2. The zero-order valence-electron chi connectivity index (χ0n) is 10.7.